The molecule has 1 amide bonds. The minimum atomic E-state index is -0.0751. The van der Waals surface area contributed by atoms with E-state index >= 15 is 0 Å². The summed E-state index contributed by atoms with van der Waals surface area (Å²) >= 11 is 1.42. The number of nitrogens with one attached hydrogen (secondary N) is 1. The van der Waals surface area contributed by atoms with Crippen molar-refractivity contribution in [2.75, 3.05) is 32.2 Å². The first-order valence-corrected chi connectivity index (χ1v) is 9.46. The van der Waals surface area contributed by atoms with Crippen molar-refractivity contribution >= 4 is 33.8 Å². The molecule has 7 nitrogen and oxygen atoms in total. The summed E-state index contributed by atoms with van der Waals surface area (Å²) in [6.07, 6.45) is 1.74. The molecule has 1 fully saturated rings. The van der Waals surface area contributed by atoms with Crippen molar-refractivity contribution in [3.8, 4) is 21.5 Å². The molecule has 4 rings (SSSR count). The summed E-state index contributed by atoms with van der Waals surface area (Å²) in [6.45, 7) is 3.42. The molecule has 3 aromatic rings. The number of hydrogen-bond donors (Lipinski definition) is 1. The van der Waals surface area contributed by atoms with Crippen molar-refractivity contribution in [2.45, 2.75) is 6.92 Å². The second-order valence-electron chi connectivity index (χ2n) is 6.09. The zero-order chi connectivity index (χ0) is 18.8. The molecule has 140 valence electrons. The van der Waals surface area contributed by atoms with E-state index in [1.807, 2.05) is 31.2 Å². The molecule has 1 N–H and O–H groups in total. The van der Waals surface area contributed by atoms with Gasteiger partial charge in [0.25, 0.3) is 5.19 Å². The van der Waals surface area contributed by atoms with Crippen molar-refractivity contribution in [1.29, 1.82) is 0 Å². The second-order valence-corrected chi connectivity index (χ2v) is 7.08. The fraction of sp³-hybridized carbons (Fsp3) is 0.316. The van der Waals surface area contributed by atoms with Gasteiger partial charge in [-0.25, -0.2) is 9.97 Å². The smallest absolute Gasteiger partial charge is 0.273 e. The summed E-state index contributed by atoms with van der Waals surface area (Å²) in [7, 11) is 1.59. The van der Waals surface area contributed by atoms with E-state index in [-0.39, 0.29) is 11.8 Å². The highest BCUT2D eigenvalue weighted by Crippen LogP contribution is 2.35. The van der Waals surface area contributed by atoms with Gasteiger partial charge < -0.3 is 19.5 Å². The third-order valence-corrected chi connectivity index (χ3v) is 5.24. The maximum atomic E-state index is 12.2. The molecule has 0 spiro atoms. The predicted octanol–water partition coefficient (Wildman–Crippen LogP) is 3.35. The van der Waals surface area contributed by atoms with Crippen LogP contribution in [0.2, 0.25) is 0 Å². The normalized spacial score (nSPS) is 14.0. The average Bonchev–Trinajstić information content (AvgIpc) is 3.10. The number of anilines is 1. The van der Waals surface area contributed by atoms with E-state index < -0.39 is 0 Å². The lowest BCUT2D eigenvalue weighted by Crippen LogP contribution is -2.38. The molecule has 0 unspecified atom stereocenters. The Morgan fingerprint density at radius 1 is 1.37 bits per heavy atom. The van der Waals surface area contributed by atoms with Gasteiger partial charge >= 0.3 is 0 Å². The van der Waals surface area contributed by atoms with Gasteiger partial charge in [0.15, 0.2) is 0 Å². The molecule has 2 aromatic heterocycles. The lowest BCUT2D eigenvalue weighted by Gasteiger charge is -2.24. The number of pyridine rings is 1. The van der Waals surface area contributed by atoms with Gasteiger partial charge in [0.1, 0.15) is 5.75 Å². The van der Waals surface area contributed by atoms with Gasteiger partial charge in [-0.15, -0.1) is 0 Å². The van der Waals surface area contributed by atoms with Crippen molar-refractivity contribution in [3.05, 3.63) is 30.5 Å². The van der Waals surface area contributed by atoms with E-state index in [1.165, 1.54) is 11.3 Å². The van der Waals surface area contributed by atoms with Gasteiger partial charge in [-0.1, -0.05) is 11.3 Å². The third kappa shape index (κ3) is 3.58. The molecular formula is C19H19N3O4S. The van der Waals surface area contributed by atoms with E-state index in [0.29, 0.717) is 30.8 Å². The van der Waals surface area contributed by atoms with Gasteiger partial charge in [0, 0.05) is 17.1 Å². The number of amides is 1. The number of methoxy groups -OCH3 is 1. The Labute approximate surface area is 160 Å². The van der Waals surface area contributed by atoms with Crippen LogP contribution in [0.5, 0.6) is 10.9 Å². The Morgan fingerprint density at radius 2 is 2.22 bits per heavy atom. The van der Waals surface area contributed by atoms with Gasteiger partial charge in [0.2, 0.25) is 5.91 Å². The third-order valence-electron chi connectivity index (χ3n) is 4.26. The monoisotopic (exact) mass is 385 g/mol. The molecule has 3 heterocycles. The van der Waals surface area contributed by atoms with Crippen molar-refractivity contribution in [2.24, 2.45) is 5.92 Å². The number of carbonyl (C=O) groups is 1. The van der Waals surface area contributed by atoms with Crippen LogP contribution < -0.4 is 14.8 Å². The highest BCUT2D eigenvalue weighted by molar-refractivity contribution is 7.16. The number of benzene rings is 1. The van der Waals surface area contributed by atoms with Crippen LogP contribution in [0.4, 0.5) is 5.69 Å². The summed E-state index contributed by atoms with van der Waals surface area (Å²) in [5.74, 6) is 0.613. The maximum absolute atomic E-state index is 12.2. The number of rotatable bonds is 6. The van der Waals surface area contributed by atoms with Crippen LogP contribution in [-0.2, 0) is 9.53 Å². The van der Waals surface area contributed by atoms with Gasteiger partial charge in [-0.05, 0) is 25.1 Å². The van der Waals surface area contributed by atoms with Crippen LogP contribution >= 0.6 is 11.3 Å². The van der Waals surface area contributed by atoms with E-state index in [4.69, 9.17) is 19.2 Å². The summed E-state index contributed by atoms with van der Waals surface area (Å²) < 4.78 is 16.1. The molecule has 1 aromatic carbocycles. The Kier molecular flexibility index (Phi) is 4.91. The first-order chi connectivity index (χ1) is 13.2. The zero-order valence-electron chi connectivity index (χ0n) is 15.0. The molecule has 1 saturated heterocycles. The molecule has 0 atom stereocenters. The summed E-state index contributed by atoms with van der Waals surface area (Å²) in [4.78, 5) is 22.0. The van der Waals surface area contributed by atoms with Crippen molar-refractivity contribution < 1.29 is 19.0 Å². The van der Waals surface area contributed by atoms with Gasteiger partial charge in [-0.3, -0.25) is 4.79 Å². The number of hydrogen-bond acceptors (Lipinski definition) is 7. The van der Waals surface area contributed by atoms with Crippen LogP contribution in [0.1, 0.15) is 6.92 Å². The first kappa shape index (κ1) is 17.7. The molecule has 0 radical (unpaired) electrons. The van der Waals surface area contributed by atoms with Crippen molar-refractivity contribution in [1.82, 2.24) is 9.97 Å². The average molecular weight is 385 g/mol. The number of nitrogens with zero attached hydrogens (tertiary/aromatic N) is 2. The number of ether oxygens (including phenoxy) is 3. The molecular weight excluding hydrogens is 366 g/mol. The predicted molar refractivity (Wildman–Crippen MR) is 104 cm³/mol. The highest BCUT2D eigenvalue weighted by Gasteiger charge is 2.26. The standard InChI is InChI=1S/C19H19N3O4S/c1-3-26-16-7-15(17-8-20-19(24-2)27-17)22-14-5-4-12(6-13(14)16)21-18(23)11-9-25-10-11/h4-8,11H,3,9-10H2,1-2H3,(H,21,23). The molecule has 1 aliphatic heterocycles. The highest BCUT2D eigenvalue weighted by atomic mass is 32.1. The Bertz CT molecular complexity index is 984. The number of aromatic nitrogens is 2. The van der Waals surface area contributed by atoms with E-state index in [2.05, 4.69) is 10.3 Å². The maximum Gasteiger partial charge on any atom is 0.273 e. The Balaban J connectivity index is 1.70. The first-order valence-electron chi connectivity index (χ1n) is 8.64. The minimum Gasteiger partial charge on any atom is -0.493 e. The van der Waals surface area contributed by atoms with E-state index in [0.717, 1.165) is 27.2 Å². The number of carbonyl (C=O) groups excluding carboxylic acids is 1. The quantitative estimate of drug-likeness (QED) is 0.701. The van der Waals surface area contributed by atoms with Crippen LogP contribution in [0, 0.1) is 5.92 Å². The van der Waals surface area contributed by atoms with Gasteiger partial charge in [-0.2, -0.15) is 0 Å². The molecule has 1 aliphatic rings. The van der Waals surface area contributed by atoms with E-state index in [1.54, 1.807) is 13.3 Å². The van der Waals surface area contributed by atoms with Crippen LogP contribution in [-0.4, -0.2) is 42.8 Å². The topological polar surface area (TPSA) is 82.6 Å². The summed E-state index contributed by atoms with van der Waals surface area (Å²) in [6, 6.07) is 7.51. The molecule has 8 heteroatoms. The summed E-state index contributed by atoms with van der Waals surface area (Å²) in [5.41, 5.74) is 2.28. The lowest BCUT2D eigenvalue weighted by atomic mass is 10.1. The molecule has 27 heavy (non-hydrogen) atoms. The van der Waals surface area contributed by atoms with Crippen LogP contribution in [0.15, 0.2) is 30.5 Å². The van der Waals surface area contributed by atoms with Crippen LogP contribution in [0.25, 0.3) is 21.5 Å². The summed E-state index contributed by atoms with van der Waals surface area (Å²) in [5, 5.41) is 4.37. The van der Waals surface area contributed by atoms with Crippen molar-refractivity contribution in [3.63, 3.8) is 0 Å². The zero-order valence-corrected chi connectivity index (χ0v) is 15.8. The van der Waals surface area contributed by atoms with Gasteiger partial charge in [0.05, 0.1) is 55.1 Å². The molecule has 0 saturated carbocycles. The fourth-order valence-corrected chi connectivity index (χ4v) is 3.47. The Hall–Kier alpha value is -2.71. The van der Waals surface area contributed by atoms with Crippen LogP contribution in [0.3, 0.4) is 0 Å². The SMILES string of the molecule is CCOc1cc(-c2cnc(OC)s2)nc2ccc(NC(=O)C3COC3)cc12. The largest absolute Gasteiger partial charge is 0.493 e. The fourth-order valence-electron chi connectivity index (χ4n) is 2.78. The number of fused-ring (bicyclic) bond motifs is 1. The van der Waals surface area contributed by atoms with E-state index in [9.17, 15) is 4.79 Å². The Morgan fingerprint density at radius 3 is 2.89 bits per heavy atom. The molecule has 0 bridgehead atoms. The molecule has 0 aliphatic carbocycles. The number of thiazole rings is 1. The lowest BCUT2D eigenvalue weighted by molar-refractivity contribution is -0.133. The minimum absolute atomic E-state index is 0.0279. The second kappa shape index (κ2) is 7.50.